The van der Waals surface area contributed by atoms with Gasteiger partial charge in [0.15, 0.2) is 0 Å². The molecule has 0 bridgehead atoms. The van der Waals surface area contributed by atoms with Gasteiger partial charge in [0.2, 0.25) is 0 Å². The van der Waals surface area contributed by atoms with Crippen LogP contribution < -0.4 is 5.73 Å². The third-order valence-corrected chi connectivity index (χ3v) is 2.94. The molecular weight excluding hydrogens is 210 g/mol. The fourth-order valence-electron chi connectivity index (χ4n) is 1.97. The lowest BCUT2D eigenvalue weighted by Crippen LogP contribution is -2.12. The smallest absolute Gasteiger partial charge is 0.0791 e. The molecule has 1 heterocycles. The maximum atomic E-state index is 6.12. The van der Waals surface area contributed by atoms with Gasteiger partial charge in [-0.15, -0.1) is 0 Å². The summed E-state index contributed by atoms with van der Waals surface area (Å²) in [6.07, 6.45) is 3.86. The van der Waals surface area contributed by atoms with Crippen LogP contribution in [0.25, 0.3) is 0 Å². The van der Waals surface area contributed by atoms with Gasteiger partial charge in [-0.3, -0.25) is 4.68 Å². The van der Waals surface area contributed by atoms with Crippen LogP contribution in [0, 0.1) is 6.92 Å². The van der Waals surface area contributed by atoms with Crippen LogP contribution in [0.1, 0.15) is 29.3 Å². The summed E-state index contributed by atoms with van der Waals surface area (Å²) < 4.78 is 1.79. The summed E-state index contributed by atoms with van der Waals surface area (Å²) in [4.78, 5) is 0. The quantitative estimate of drug-likeness (QED) is 0.874. The van der Waals surface area contributed by atoms with Crippen LogP contribution in [0.3, 0.4) is 0 Å². The Labute approximate surface area is 102 Å². The zero-order valence-electron chi connectivity index (χ0n) is 10.4. The minimum atomic E-state index is 0.0247. The lowest BCUT2D eigenvalue weighted by molar-refractivity contribution is 0.613. The molecule has 0 radical (unpaired) electrons. The van der Waals surface area contributed by atoms with E-state index in [1.807, 2.05) is 19.3 Å². The van der Waals surface area contributed by atoms with Crippen molar-refractivity contribution in [1.29, 1.82) is 0 Å². The van der Waals surface area contributed by atoms with E-state index in [1.165, 1.54) is 11.1 Å². The van der Waals surface area contributed by atoms with Gasteiger partial charge < -0.3 is 5.73 Å². The van der Waals surface area contributed by atoms with Crippen LogP contribution in [0.2, 0.25) is 0 Å². The highest BCUT2D eigenvalue weighted by Gasteiger charge is 2.08. The fourth-order valence-corrected chi connectivity index (χ4v) is 1.97. The summed E-state index contributed by atoms with van der Waals surface area (Å²) >= 11 is 0. The van der Waals surface area contributed by atoms with Crippen molar-refractivity contribution >= 4 is 0 Å². The zero-order chi connectivity index (χ0) is 12.3. The third kappa shape index (κ3) is 3.17. The second-order valence-electron chi connectivity index (χ2n) is 4.55. The van der Waals surface area contributed by atoms with Crippen LogP contribution in [-0.4, -0.2) is 9.78 Å². The second kappa shape index (κ2) is 5.15. The largest absolute Gasteiger partial charge is 0.323 e. The Morgan fingerprint density at radius 1 is 1.35 bits per heavy atom. The minimum Gasteiger partial charge on any atom is -0.323 e. The van der Waals surface area contributed by atoms with Crippen LogP contribution >= 0.6 is 0 Å². The molecular formula is C14H19N3. The highest BCUT2D eigenvalue weighted by atomic mass is 15.3. The maximum Gasteiger partial charge on any atom is 0.0791 e. The van der Waals surface area contributed by atoms with Crippen molar-refractivity contribution in [2.24, 2.45) is 12.8 Å². The molecule has 1 aromatic carbocycles. The van der Waals surface area contributed by atoms with Gasteiger partial charge in [-0.05, 0) is 31.4 Å². The molecule has 0 fully saturated rings. The maximum absolute atomic E-state index is 6.12. The summed E-state index contributed by atoms with van der Waals surface area (Å²) in [5.41, 5.74) is 9.73. The lowest BCUT2D eigenvalue weighted by atomic mass is 10.0. The van der Waals surface area contributed by atoms with Crippen molar-refractivity contribution < 1.29 is 0 Å². The van der Waals surface area contributed by atoms with Crippen LogP contribution in [0.5, 0.6) is 0 Å². The Balaban J connectivity index is 1.94. The molecule has 17 heavy (non-hydrogen) atoms. The van der Waals surface area contributed by atoms with Gasteiger partial charge in [0.25, 0.3) is 0 Å². The number of aromatic nitrogens is 2. The molecule has 0 aliphatic carbocycles. The van der Waals surface area contributed by atoms with E-state index < -0.39 is 0 Å². The number of nitrogens with two attached hydrogens (primary N) is 1. The zero-order valence-corrected chi connectivity index (χ0v) is 10.4. The molecule has 0 saturated heterocycles. The molecule has 2 N–H and O–H groups in total. The Morgan fingerprint density at radius 3 is 2.82 bits per heavy atom. The monoisotopic (exact) mass is 229 g/mol. The normalized spacial score (nSPS) is 12.6. The van der Waals surface area contributed by atoms with Gasteiger partial charge in [-0.1, -0.05) is 29.8 Å². The first kappa shape index (κ1) is 11.9. The number of nitrogens with zero attached hydrogens (tertiary/aromatic N) is 2. The number of benzene rings is 1. The first-order valence-corrected chi connectivity index (χ1v) is 5.96. The first-order valence-electron chi connectivity index (χ1n) is 5.96. The van der Waals surface area contributed by atoms with Crippen LogP contribution in [0.4, 0.5) is 0 Å². The molecule has 2 aromatic rings. The number of hydrogen-bond acceptors (Lipinski definition) is 2. The Hall–Kier alpha value is -1.61. The van der Waals surface area contributed by atoms with Crippen molar-refractivity contribution in [3.63, 3.8) is 0 Å². The van der Waals surface area contributed by atoms with Gasteiger partial charge >= 0.3 is 0 Å². The van der Waals surface area contributed by atoms with Gasteiger partial charge in [0.1, 0.15) is 0 Å². The minimum absolute atomic E-state index is 0.0247. The van der Waals surface area contributed by atoms with Gasteiger partial charge in [0.05, 0.1) is 5.69 Å². The molecule has 0 spiro atoms. The fraction of sp³-hybridized carbons (Fsp3) is 0.357. The summed E-state index contributed by atoms with van der Waals surface area (Å²) in [6.45, 7) is 2.11. The molecule has 0 aliphatic heterocycles. The van der Waals surface area contributed by atoms with Crippen molar-refractivity contribution in [2.45, 2.75) is 25.8 Å². The molecule has 0 saturated carbocycles. The molecule has 1 aromatic heterocycles. The molecule has 1 unspecified atom stereocenters. The standard InChI is InChI=1S/C14H19N3/c1-11-4-3-5-12(10-11)6-7-13(15)14-8-9-17(2)16-14/h3-5,8-10,13H,6-7,15H2,1-2H3. The molecule has 3 nitrogen and oxygen atoms in total. The molecule has 3 heteroatoms. The lowest BCUT2D eigenvalue weighted by Gasteiger charge is -2.09. The average molecular weight is 229 g/mol. The Kier molecular flexibility index (Phi) is 3.59. The summed E-state index contributed by atoms with van der Waals surface area (Å²) in [5, 5.41) is 4.33. The number of hydrogen-bond donors (Lipinski definition) is 1. The van der Waals surface area contributed by atoms with Crippen LogP contribution in [0.15, 0.2) is 36.5 Å². The average Bonchev–Trinajstić information content (AvgIpc) is 2.73. The molecule has 0 aliphatic rings. The molecule has 90 valence electrons. The van der Waals surface area contributed by atoms with Crippen molar-refractivity contribution in [3.05, 3.63) is 53.3 Å². The predicted molar refractivity (Wildman–Crippen MR) is 69.6 cm³/mol. The highest BCUT2D eigenvalue weighted by molar-refractivity contribution is 5.22. The van der Waals surface area contributed by atoms with E-state index in [0.29, 0.717) is 0 Å². The van der Waals surface area contributed by atoms with E-state index in [2.05, 4.69) is 36.3 Å². The third-order valence-electron chi connectivity index (χ3n) is 2.94. The Morgan fingerprint density at radius 2 is 2.18 bits per heavy atom. The number of aryl methyl sites for hydroxylation is 3. The van der Waals surface area contributed by atoms with E-state index in [4.69, 9.17) is 5.73 Å². The van der Waals surface area contributed by atoms with E-state index >= 15 is 0 Å². The Bertz CT molecular complexity index is 488. The molecule has 0 amide bonds. The van der Waals surface area contributed by atoms with Crippen molar-refractivity contribution in [3.8, 4) is 0 Å². The summed E-state index contributed by atoms with van der Waals surface area (Å²) in [6, 6.07) is 10.6. The van der Waals surface area contributed by atoms with Gasteiger partial charge in [0, 0.05) is 19.3 Å². The van der Waals surface area contributed by atoms with Crippen molar-refractivity contribution in [2.75, 3.05) is 0 Å². The van der Waals surface area contributed by atoms with Crippen LogP contribution in [-0.2, 0) is 13.5 Å². The summed E-state index contributed by atoms with van der Waals surface area (Å²) in [5.74, 6) is 0. The first-order chi connectivity index (χ1) is 8.15. The van der Waals surface area contributed by atoms with Gasteiger partial charge in [-0.25, -0.2) is 0 Å². The van der Waals surface area contributed by atoms with Crippen molar-refractivity contribution in [1.82, 2.24) is 9.78 Å². The van der Waals surface area contributed by atoms with E-state index in [1.54, 1.807) is 4.68 Å². The SMILES string of the molecule is Cc1cccc(CCC(N)c2ccn(C)n2)c1. The second-order valence-corrected chi connectivity index (χ2v) is 4.55. The number of rotatable bonds is 4. The van der Waals surface area contributed by atoms with E-state index in [0.717, 1.165) is 18.5 Å². The molecule has 2 rings (SSSR count). The molecule has 1 atom stereocenters. The highest BCUT2D eigenvalue weighted by Crippen LogP contribution is 2.15. The van der Waals surface area contributed by atoms with E-state index in [-0.39, 0.29) is 6.04 Å². The predicted octanol–water partition coefficient (Wildman–Crippen LogP) is 2.36. The topological polar surface area (TPSA) is 43.8 Å². The van der Waals surface area contributed by atoms with Gasteiger partial charge in [-0.2, -0.15) is 5.10 Å². The summed E-state index contributed by atoms with van der Waals surface area (Å²) in [7, 11) is 1.91. The van der Waals surface area contributed by atoms with E-state index in [9.17, 15) is 0 Å².